The Morgan fingerprint density at radius 1 is 1.53 bits per heavy atom. The topological polar surface area (TPSA) is 82.1 Å². The minimum absolute atomic E-state index is 0.0237. The fraction of sp³-hybridized carbons (Fsp3) is 0.500. The summed E-state index contributed by atoms with van der Waals surface area (Å²) in [5.74, 6) is 0. The minimum Gasteiger partial charge on any atom is -0.397 e. The molecule has 1 rings (SSSR count). The molecular formula is C14H20BrN3O. The van der Waals surface area contributed by atoms with E-state index < -0.39 is 6.10 Å². The van der Waals surface area contributed by atoms with Crippen molar-refractivity contribution in [2.75, 3.05) is 12.3 Å². The third-order valence-corrected chi connectivity index (χ3v) is 3.97. The van der Waals surface area contributed by atoms with E-state index in [0.29, 0.717) is 27.8 Å². The molecular weight excluding hydrogens is 306 g/mol. The largest absolute Gasteiger partial charge is 0.397 e. The molecule has 1 atom stereocenters. The molecule has 0 aliphatic carbocycles. The maximum atomic E-state index is 10.2. The van der Waals surface area contributed by atoms with Crippen molar-refractivity contribution in [2.24, 2.45) is 0 Å². The number of hydrogen-bond donors (Lipinski definition) is 3. The molecule has 0 radical (unpaired) electrons. The first-order valence-corrected chi connectivity index (χ1v) is 7.02. The Kier molecular flexibility index (Phi) is 5.36. The number of nitrogens with one attached hydrogen (secondary N) is 1. The predicted molar refractivity (Wildman–Crippen MR) is 80.6 cm³/mol. The van der Waals surface area contributed by atoms with Crippen molar-refractivity contribution in [1.82, 2.24) is 5.32 Å². The van der Waals surface area contributed by atoms with Crippen molar-refractivity contribution < 1.29 is 5.11 Å². The molecule has 1 aromatic carbocycles. The number of nitrogen functional groups attached to an aromatic ring is 1. The molecule has 0 fully saturated rings. The zero-order chi connectivity index (χ0) is 14.6. The van der Waals surface area contributed by atoms with E-state index in [0.717, 1.165) is 6.42 Å². The molecule has 4 nitrogen and oxygen atoms in total. The summed E-state index contributed by atoms with van der Waals surface area (Å²) in [7, 11) is 0. The summed E-state index contributed by atoms with van der Waals surface area (Å²) in [5, 5.41) is 22.5. The van der Waals surface area contributed by atoms with Gasteiger partial charge in [0.15, 0.2) is 0 Å². The van der Waals surface area contributed by atoms with Gasteiger partial charge in [-0.15, -0.1) is 0 Å². The Morgan fingerprint density at radius 3 is 2.68 bits per heavy atom. The number of β-amino-alcohol motifs (C(OH)–C–C–N with tert-alkyl or cyclic N) is 1. The molecule has 4 N–H and O–H groups in total. The van der Waals surface area contributed by atoms with Gasteiger partial charge in [0, 0.05) is 16.6 Å². The van der Waals surface area contributed by atoms with Gasteiger partial charge < -0.3 is 16.2 Å². The van der Waals surface area contributed by atoms with Gasteiger partial charge in [-0.1, -0.05) is 6.92 Å². The van der Waals surface area contributed by atoms with Crippen molar-refractivity contribution in [2.45, 2.75) is 38.8 Å². The quantitative estimate of drug-likeness (QED) is 0.727. The molecule has 1 unspecified atom stereocenters. The third-order valence-electron chi connectivity index (χ3n) is 3.31. The highest BCUT2D eigenvalue weighted by Crippen LogP contribution is 2.28. The van der Waals surface area contributed by atoms with Crippen LogP contribution < -0.4 is 11.1 Å². The molecule has 0 amide bonds. The van der Waals surface area contributed by atoms with Crippen LogP contribution in [0.4, 0.5) is 5.69 Å². The smallest absolute Gasteiger partial charge is 0.101 e. The lowest BCUT2D eigenvalue weighted by Gasteiger charge is -2.26. The van der Waals surface area contributed by atoms with Crippen LogP contribution in [0.2, 0.25) is 0 Å². The fourth-order valence-corrected chi connectivity index (χ4v) is 2.02. The summed E-state index contributed by atoms with van der Waals surface area (Å²) in [5.41, 5.74) is 7.19. The molecule has 0 saturated carbocycles. The zero-order valence-corrected chi connectivity index (χ0v) is 13.1. The van der Waals surface area contributed by atoms with E-state index in [1.807, 2.05) is 6.07 Å². The van der Waals surface area contributed by atoms with Gasteiger partial charge in [0.25, 0.3) is 0 Å². The van der Waals surface area contributed by atoms with Gasteiger partial charge in [0.1, 0.15) is 6.07 Å². The summed E-state index contributed by atoms with van der Waals surface area (Å²) < 4.78 is 0.635. The highest BCUT2D eigenvalue weighted by molar-refractivity contribution is 9.10. The monoisotopic (exact) mass is 325 g/mol. The van der Waals surface area contributed by atoms with Crippen molar-refractivity contribution in [3.05, 3.63) is 27.7 Å². The Hall–Kier alpha value is -1.09. The predicted octanol–water partition coefficient (Wildman–Crippen LogP) is 2.71. The van der Waals surface area contributed by atoms with Crippen molar-refractivity contribution in [3.8, 4) is 6.07 Å². The highest BCUT2D eigenvalue weighted by Gasteiger charge is 2.18. The summed E-state index contributed by atoms with van der Waals surface area (Å²) >= 11 is 3.30. The zero-order valence-electron chi connectivity index (χ0n) is 11.5. The average molecular weight is 326 g/mol. The van der Waals surface area contributed by atoms with Gasteiger partial charge in [-0.2, -0.15) is 5.26 Å². The highest BCUT2D eigenvalue weighted by atomic mass is 79.9. The molecule has 19 heavy (non-hydrogen) atoms. The van der Waals surface area contributed by atoms with Gasteiger partial charge in [-0.25, -0.2) is 0 Å². The second-order valence-electron chi connectivity index (χ2n) is 5.21. The van der Waals surface area contributed by atoms with E-state index in [4.69, 9.17) is 11.0 Å². The number of benzene rings is 1. The summed E-state index contributed by atoms with van der Waals surface area (Å²) in [4.78, 5) is 0. The van der Waals surface area contributed by atoms with E-state index in [-0.39, 0.29) is 5.54 Å². The van der Waals surface area contributed by atoms with E-state index in [1.54, 1.807) is 12.1 Å². The number of aliphatic hydroxyl groups excluding tert-OH is 1. The van der Waals surface area contributed by atoms with Gasteiger partial charge in [0.2, 0.25) is 0 Å². The lowest BCUT2D eigenvalue weighted by molar-refractivity contribution is 0.160. The lowest BCUT2D eigenvalue weighted by Crippen LogP contribution is -2.40. The minimum atomic E-state index is -0.671. The summed E-state index contributed by atoms with van der Waals surface area (Å²) in [6.45, 7) is 6.69. The number of nitrogens with zero attached hydrogens (tertiary/aromatic N) is 1. The second kappa shape index (κ2) is 6.38. The van der Waals surface area contributed by atoms with E-state index >= 15 is 0 Å². The van der Waals surface area contributed by atoms with Crippen LogP contribution in [0.1, 0.15) is 44.4 Å². The number of anilines is 1. The lowest BCUT2D eigenvalue weighted by atomic mass is 10.00. The van der Waals surface area contributed by atoms with Crippen LogP contribution in [0.5, 0.6) is 0 Å². The van der Waals surface area contributed by atoms with Gasteiger partial charge in [0.05, 0.1) is 17.4 Å². The molecule has 0 aliphatic heterocycles. The van der Waals surface area contributed by atoms with Crippen LogP contribution >= 0.6 is 15.9 Å². The molecule has 0 aliphatic rings. The number of hydrogen-bond acceptors (Lipinski definition) is 4. The maximum Gasteiger partial charge on any atom is 0.101 e. The first-order chi connectivity index (χ1) is 8.80. The summed E-state index contributed by atoms with van der Waals surface area (Å²) in [6, 6.07) is 5.41. The fourth-order valence-electron chi connectivity index (χ4n) is 1.54. The van der Waals surface area contributed by atoms with E-state index in [1.165, 1.54) is 0 Å². The molecule has 5 heteroatoms. The molecule has 0 saturated heterocycles. The Balaban J connectivity index is 2.87. The summed E-state index contributed by atoms with van der Waals surface area (Å²) in [6.07, 6.45) is 0.295. The van der Waals surface area contributed by atoms with Gasteiger partial charge in [-0.05, 0) is 53.9 Å². The van der Waals surface area contributed by atoms with E-state index in [2.05, 4.69) is 42.0 Å². The SMILES string of the molecule is CCC(C)(C)NCC(O)c1cc(Br)c(N)c(C#N)c1. The van der Waals surface area contributed by atoms with Crippen LogP contribution in [0.15, 0.2) is 16.6 Å². The average Bonchev–Trinajstić information content (AvgIpc) is 2.39. The molecule has 104 valence electrons. The van der Waals surface area contributed by atoms with E-state index in [9.17, 15) is 5.11 Å². The van der Waals surface area contributed by atoms with Crippen molar-refractivity contribution in [3.63, 3.8) is 0 Å². The third kappa shape index (κ3) is 4.20. The number of halogens is 1. The molecule has 0 bridgehead atoms. The van der Waals surface area contributed by atoms with Gasteiger partial charge >= 0.3 is 0 Å². The number of aliphatic hydroxyl groups is 1. The number of nitriles is 1. The van der Waals surface area contributed by atoms with Crippen LogP contribution in [0, 0.1) is 11.3 Å². The molecule has 0 spiro atoms. The van der Waals surface area contributed by atoms with Crippen LogP contribution in [0.3, 0.4) is 0 Å². The Labute approximate surface area is 122 Å². The molecule has 1 aromatic rings. The van der Waals surface area contributed by atoms with Crippen LogP contribution in [0.25, 0.3) is 0 Å². The standard InChI is InChI=1S/C14H20BrN3O/c1-4-14(2,3)18-8-12(19)9-5-10(7-16)13(17)11(15)6-9/h5-6,12,18-19H,4,8,17H2,1-3H3. The van der Waals surface area contributed by atoms with Crippen LogP contribution in [-0.2, 0) is 0 Å². The first kappa shape index (κ1) is 16.0. The number of rotatable bonds is 5. The molecule has 0 aromatic heterocycles. The van der Waals surface area contributed by atoms with Crippen molar-refractivity contribution in [1.29, 1.82) is 5.26 Å². The second-order valence-corrected chi connectivity index (χ2v) is 6.06. The first-order valence-electron chi connectivity index (χ1n) is 6.23. The Morgan fingerprint density at radius 2 is 2.16 bits per heavy atom. The van der Waals surface area contributed by atoms with Crippen LogP contribution in [-0.4, -0.2) is 17.2 Å². The molecule has 0 heterocycles. The Bertz CT molecular complexity index is 494. The normalized spacial score (nSPS) is 13.1. The van der Waals surface area contributed by atoms with Crippen molar-refractivity contribution >= 4 is 21.6 Å². The van der Waals surface area contributed by atoms with Gasteiger partial charge in [-0.3, -0.25) is 0 Å². The number of nitrogens with two attached hydrogens (primary N) is 1. The maximum absolute atomic E-state index is 10.2.